The number of halogens is 2. The molecule has 2 rings (SSSR count). The van der Waals surface area contributed by atoms with Gasteiger partial charge in [0.25, 0.3) is 0 Å². The Hall–Kier alpha value is -2.16. The van der Waals surface area contributed by atoms with Gasteiger partial charge in [-0.2, -0.15) is 0 Å². The molecule has 0 fully saturated rings. The maximum atomic E-state index is 11.3. The Morgan fingerprint density at radius 2 is 1.38 bits per heavy atom. The number of carbonyl (C=O) groups excluding carboxylic acids is 2. The van der Waals surface area contributed by atoms with E-state index >= 15 is 0 Å². The molecule has 0 aliphatic heterocycles. The first-order chi connectivity index (χ1) is 11.5. The lowest BCUT2D eigenvalue weighted by Gasteiger charge is -2.00. The van der Waals surface area contributed by atoms with Crippen molar-refractivity contribution in [2.24, 2.45) is 0 Å². The van der Waals surface area contributed by atoms with Gasteiger partial charge in [0.1, 0.15) is 6.29 Å². The Bertz CT molecular complexity index is 762. The molecule has 0 N–H and O–H groups in total. The standard InChI is InChI=1S/2C10H9ClO/c1-2-8(7-12)9-5-3-4-6-10(9)11;1-2-5-10(12)8-6-3-4-7-9(8)11/h2*2-7H,1H3/b8-2+;5-2+. The summed E-state index contributed by atoms with van der Waals surface area (Å²) in [7, 11) is 0. The van der Waals surface area contributed by atoms with Crippen LogP contribution in [0.2, 0.25) is 10.0 Å². The van der Waals surface area contributed by atoms with Crippen molar-refractivity contribution in [1.29, 1.82) is 0 Å². The van der Waals surface area contributed by atoms with Crippen molar-refractivity contribution in [3.8, 4) is 0 Å². The van der Waals surface area contributed by atoms with Crippen molar-refractivity contribution in [2.45, 2.75) is 13.8 Å². The highest BCUT2D eigenvalue weighted by molar-refractivity contribution is 6.34. The lowest BCUT2D eigenvalue weighted by Crippen LogP contribution is -1.94. The maximum Gasteiger partial charge on any atom is 0.187 e. The Morgan fingerprint density at radius 3 is 1.79 bits per heavy atom. The van der Waals surface area contributed by atoms with E-state index in [9.17, 15) is 9.59 Å². The van der Waals surface area contributed by atoms with Gasteiger partial charge in [0.05, 0.1) is 5.02 Å². The van der Waals surface area contributed by atoms with Crippen LogP contribution in [0.1, 0.15) is 29.8 Å². The molecule has 2 aromatic rings. The molecule has 0 aliphatic rings. The van der Waals surface area contributed by atoms with Crippen molar-refractivity contribution in [3.63, 3.8) is 0 Å². The van der Waals surface area contributed by atoms with Gasteiger partial charge in [-0.05, 0) is 38.1 Å². The highest BCUT2D eigenvalue weighted by Crippen LogP contribution is 2.21. The molecular formula is C20H18Cl2O2. The molecule has 0 saturated heterocycles. The first kappa shape index (κ1) is 19.9. The number of hydrogen-bond donors (Lipinski definition) is 0. The minimum Gasteiger partial charge on any atom is -0.298 e. The highest BCUT2D eigenvalue weighted by atomic mass is 35.5. The summed E-state index contributed by atoms with van der Waals surface area (Å²) >= 11 is 11.7. The Balaban J connectivity index is 0.000000240. The van der Waals surface area contributed by atoms with Crippen LogP contribution in [-0.2, 0) is 4.79 Å². The number of allylic oxidation sites excluding steroid dienone is 4. The van der Waals surface area contributed by atoms with E-state index in [1.807, 2.05) is 25.1 Å². The van der Waals surface area contributed by atoms with Gasteiger partial charge >= 0.3 is 0 Å². The van der Waals surface area contributed by atoms with Crippen molar-refractivity contribution >= 4 is 40.8 Å². The molecule has 2 aromatic carbocycles. The van der Waals surface area contributed by atoms with E-state index in [1.165, 1.54) is 6.08 Å². The van der Waals surface area contributed by atoms with Crippen LogP contribution in [-0.4, -0.2) is 12.1 Å². The van der Waals surface area contributed by atoms with Crippen molar-refractivity contribution in [3.05, 3.63) is 87.9 Å². The van der Waals surface area contributed by atoms with Gasteiger partial charge in [-0.25, -0.2) is 0 Å². The van der Waals surface area contributed by atoms with E-state index in [0.717, 1.165) is 11.8 Å². The average molecular weight is 361 g/mol. The Kier molecular flexibility index (Phi) is 8.77. The van der Waals surface area contributed by atoms with E-state index < -0.39 is 0 Å². The molecule has 0 spiro atoms. The molecule has 0 unspecified atom stereocenters. The number of benzene rings is 2. The topological polar surface area (TPSA) is 34.1 Å². The summed E-state index contributed by atoms with van der Waals surface area (Å²) in [5, 5.41) is 1.11. The summed E-state index contributed by atoms with van der Waals surface area (Å²) < 4.78 is 0. The monoisotopic (exact) mass is 360 g/mol. The predicted molar refractivity (Wildman–Crippen MR) is 102 cm³/mol. The van der Waals surface area contributed by atoms with Crippen molar-refractivity contribution in [1.82, 2.24) is 0 Å². The number of carbonyl (C=O) groups is 2. The van der Waals surface area contributed by atoms with Crippen LogP contribution in [0.15, 0.2) is 66.8 Å². The van der Waals surface area contributed by atoms with Crippen LogP contribution in [0.25, 0.3) is 5.57 Å². The predicted octanol–water partition coefficient (Wildman–Crippen LogP) is 6.04. The van der Waals surface area contributed by atoms with Gasteiger partial charge in [-0.1, -0.05) is 65.7 Å². The molecule has 4 heteroatoms. The normalized spacial score (nSPS) is 10.9. The highest BCUT2D eigenvalue weighted by Gasteiger charge is 2.04. The van der Waals surface area contributed by atoms with Crippen LogP contribution in [0.4, 0.5) is 0 Å². The summed E-state index contributed by atoms with van der Waals surface area (Å²) in [4.78, 5) is 21.9. The van der Waals surface area contributed by atoms with Crippen LogP contribution in [0, 0.1) is 0 Å². The lowest BCUT2D eigenvalue weighted by molar-refractivity contribution is -0.103. The summed E-state index contributed by atoms with van der Waals surface area (Å²) in [5.41, 5.74) is 1.97. The van der Waals surface area contributed by atoms with E-state index in [2.05, 4.69) is 0 Å². The number of aldehydes is 1. The molecule has 0 heterocycles. The van der Waals surface area contributed by atoms with Crippen LogP contribution in [0.5, 0.6) is 0 Å². The van der Waals surface area contributed by atoms with Gasteiger partial charge < -0.3 is 0 Å². The second-order valence-electron chi connectivity index (χ2n) is 4.69. The van der Waals surface area contributed by atoms with Gasteiger partial charge in [0, 0.05) is 21.7 Å². The van der Waals surface area contributed by atoms with E-state index in [4.69, 9.17) is 23.2 Å². The van der Waals surface area contributed by atoms with Gasteiger partial charge in [0.15, 0.2) is 5.78 Å². The quantitative estimate of drug-likeness (QED) is 0.378. The number of ketones is 1. The molecule has 0 atom stereocenters. The van der Waals surface area contributed by atoms with Crippen molar-refractivity contribution < 1.29 is 9.59 Å². The zero-order valence-corrected chi connectivity index (χ0v) is 15.0. The molecule has 124 valence electrons. The maximum absolute atomic E-state index is 11.3. The van der Waals surface area contributed by atoms with Gasteiger partial charge in [0.2, 0.25) is 0 Å². The molecule has 0 aromatic heterocycles. The van der Waals surface area contributed by atoms with Crippen molar-refractivity contribution in [2.75, 3.05) is 0 Å². The molecule has 0 amide bonds. The SMILES string of the molecule is C/C=C(\C=O)c1ccccc1Cl.C/C=C/C(=O)c1ccccc1Cl. The van der Waals surface area contributed by atoms with Gasteiger partial charge in [-0.3, -0.25) is 9.59 Å². The van der Waals surface area contributed by atoms with Crippen LogP contribution in [0.3, 0.4) is 0 Å². The first-order valence-electron chi connectivity index (χ1n) is 7.33. The third-order valence-electron chi connectivity index (χ3n) is 3.08. The van der Waals surface area contributed by atoms with Crippen LogP contribution < -0.4 is 0 Å². The largest absolute Gasteiger partial charge is 0.298 e. The Labute approximate surface area is 152 Å². The second kappa shape index (κ2) is 10.6. The third-order valence-corrected chi connectivity index (χ3v) is 3.74. The zero-order chi connectivity index (χ0) is 17.9. The summed E-state index contributed by atoms with van der Waals surface area (Å²) in [6, 6.07) is 14.3. The first-order valence-corrected chi connectivity index (χ1v) is 8.08. The second-order valence-corrected chi connectivity index (χ2v) is 5.50. The summed E-state index contributed by atoms with van der Waals surface area (Å²) in [6.45, 7) is 3.61. The zero-order valence-electron chi connectivity index (χ0n) is 13.5. The Morgan fingerprint density at radius 1 is 0.875 bits per heavy atom. The summed E-state index contributed by atoms with van der Waals surface area (Å²) in [6.07, 6.45) is 5.75. The number of hydrogen-bond acceptors (Lipinski definition) is 2. The minimum absolute atomic E-state index is 0.0527. The average Bonchev–Trinajstić information content (AvgIpc) is 2.59. The molecule has 2 nitrogen and oxygen atoms in total. The van der Waals surface area contributed by atoms with E-state index in [1.54, 1.807) is 49.4 Å². The molecule has 0 saturated carbocycles. The van der Waals surface area contributed by atoms with Gasteiger partial charge in [-0.15, -0.1) is 0 Å². The molecule has 24 heavy (non-hydrogen) atoms. The third kappa shape index (κ3) is 5.80. The lowest BCUT2D eigenvalue weighted by atomic mass is 10.1. The van der Waals surface area contributed by atoms with E-state index in [0.29, 0.717) is 21.2 Å². The van der Waals surface area contributed by atoms with Crippen LogP contribution >= 0.6 is 23.2 Å². The fourth-order valence-electron chi connectivity index (χ4n) is 1.88. The summed E-state index contributed by atoms with van der Waals surface area (Å²) in [5.74, 6) is -0.0527. The fraction of sp³-hybridized carbons (Fsp3) is 0.100. The molecule has 0 radical (unpaired) electrons. The van der Waals surface area contributed by atoms with E-state index in [-0.39, 0.29) is 5.78 Å². The molecule has 0 bridgehead atoms. The smallest absolute Gasteiger partial charge is 0.187 e. The fourth-order valence-corrected chi connectivity index (χ4v) is 2.36. The molecular weight excluding hydrogens is 343 g/mol. The number of rotatable bonds is 4. The minimum atomic E-state index is -0.0527. The molecule has 0 aliphatic carbocycles.